The molecule has 0 heterocycles. The Morgan fingerprint density at radius 3 is 1.54 bits per heavy atom. The zero-order chi connectivity index (χ0) is 21.0. The van der Waals surface area contributed by atoms with Crippen LogP contribution in [0.1, 0.15) is 67.2 Å². The normalized spacial score (nSPS) is 13.2. The van der Waals surface area contributed by atoms with Gasteiger partial charge >= 0.3 is 0 Å². The highest BCUT2D eigenvalue weighted by Gasteiger charge is 2.45. The molecule has 0 saturated heterocycles. The van der Waals surface area contributed by atoms with E-state index >= 15 is 0 Å². The summed E-state index contributed by atoms with van der Waals surface area (Å²) in [6, 6.07) is 2.80. The molecule has 0 rings (SSSR count). The Kier molecular flexibility index (Phi) is 15.2. The van der Waals surface area contributed by atoms with Gasteiger partial charge in [0.15, 0.2) is 16.2 Å². The number of rotatable bonds is 12. The van der Waals surface area contributed by atoms with E-state index < -0.39 is 23.7 Å². The van der Waals surface area contributed by atoms with Crippen LogP contribution < -0.4 is 0 Å². The Balaban J connectivity index is 0. The van der Waals surface area contributed by atoms with Gasteiger partial charge in [-0.3, -0.25) is 0 Å². The second-order valence-electron chi connectivity index (χ2n) is 10.2. The molecular formula is C21H52O2Si3. The smallest absolute Gasteiger partial charge is 0.173 e. The Bertz CT molecular complexity index is 332. The van der Waals surface area contributed by atoms with E-state index in [1.54, 1.807) is 0 Å². The molecule has 0 atom stereocenters. The van der Waals surface area contributed by atoms with Gasteiger partial charge in [-0.05, 0) is 52.0 Å². The number of ether oxygens (including phenoxy) is 1. The van der Waals surface area contributed by atoms with Crippen molar-refractivity contribution in [2.24, 2.45) is 5.92 Å². The SMILES string of the molecule is CC(C)COC(C)C.CCCC[Si](C)(C)O[Si](C)(C)[Si](C)(C)CCCC. The van der Waals surface area contributed by atoms with Crippen molar-refractivity contribution in [3.63, 3.8) is 0 Å². The summed E-state index contributed by atoms with van der Waals surface area (Å²) in [5.41, 5.74) is 0. The molecule has 0 bridgehead atoms. The lowest BCUT2D eigenvalue weighted by molar-refractivity contribution is 0.0593. The van der Waals surface area contributed by atoms with Crippen LogP contribution in [-0.2, 0) is 8.85 Å². The quantitative estimate of drug-likeness (QED) is 0.299. The summed E-state index contributed by atoms with van der Waals surface area (Å²) >= 11 is 0. The molecule has 0 radical (unpaired) electrons. The molecule has 0 aromatic carbocycles. The molecule has 0 aliphatic rings. The molecule has 0 aliphatic heterocycles. The van der Waals surface area contributed by atoms with Crippen molar-refractivity contribution in [3.05, 3.63) is 0 Å². The molecule has 0 unspecified atom stereocenters. The summed E-state index contributed by atoms with van der Waals surface area (Å²) in [7, 11) is -4.01. The van der Waals surface area contributed by atoms with Crippen molar-refractivity contribution in [3.8, 4) is 0 Å². The molecule has 0 N–H and O–H groups in total. The Labute approximate surface area is 169 Å². The Hall–Kier alpha value is 0.571. The van der Waals surface area contributed by atoms with Gasteiger partial charge in [0, 0.05) is 6.61 Å². The highest BCUT2D eigenvalue weighted by atomic mass is 29.3. The molecule has 0 fully saturated rings. The van der Waals surface area contributed by atoms with E-state index in [0.29, 0.717) is 12.0 Å². The number of hydrogen-bond acceptors (Lipinski definition) is 2. The van der Waals surface area contributed by atoms with Crippen molar-refractivity contribution < 1.29 is 8.85 Å². The maximum Gasteiger partial charge on any atom is 0.173 e. The third kappa shape index (κ3) is 14.6. The fraction of sp³-hybridized carbons (Fsp3) is 1.00. The van der Waals surface area contributed by atoms with Crippen LogP contribution in [0.25, 0.3) is 0 Å². The predicted octanol–water partition coefficient (Wildman–Crippen LogP) is 7.87. The van der Waals surface area contributed by atoms with Gasteiger partial charge in [-0.1, -0.05) is 72.5 Å². The van der Waals surface area contributed by atoms with Gasteiger partial charge in [0.05, 0.1) is 13.7 Å². The first-order valence-electron chi connectivity index (χ1n) is 11.0. The summed E-state index contributed by atoms with van der Waals surface area (Å²) in [6.07, 6.45) is 5.77. The maximum atomic E-state index is 6.83. The van der Waals surface area contributed by atoms with Crippen LogP contribution in [-0.4, -0.2) is 36.5 Å². The van der Waals surface area contributed by atoms with Gasteiger partial charge in [-0.25, -0.2) is 0 Å². The van der Waals surface area contributed by atoms with E-state index in [1.807, 2.05) is 0 Å². The average molecular weight is 421 g/mol. The first-order chi connectivity index (χ1) is 11.7. The van der Waals surface area contributed by atoms with E-state index in [2.05, 4.69) is 80.8 Å². The van der Waals surface area contributed by atoms with Gasteiger partial charge in [0.2, 0.25) is 0 Å². The number of hydrogen-bond donors (Lipinski definition) is 0. The van der Waals surface area contributed by atoms with Crippen LogP contribution >= 0.6 is 0 Å². The van der Waals surface area contributed by atoms with Crippen LogP contribution in [0.2, 0.25) is 51.4 Å². The molecule has 0 saturated carbocycles. The zero-order valence-corrected chi connectivity index (χ0v) is 23.4. The van der Waals surface area contributed by atoms with Crippen molar-refractivity contribution in [2.75, 3.05) is 6.61 Å². The summed E-state index contributed by atoms with van der Waals surface area (Å²) < 4.78 is 12.1. The van der Waals surface area contributed by atoms with Crippen molar-refractivity contribution in [2.45, 2.75) is 125 Å². The topological polar surface area (TPSA) is 18.5 Å². The molecule has 0 amide bonds. The van der Waals surface area contributed by atoms with Gasteiger partial charge in [0.25, 0.3) is 0 Å². The highest BCUT2D eigenvalue weighted by Crippen LogP contribution is 2.30. The van der Waals surface area contributed by atoms with Crippen LogP contribution in [0.15, 0.2) is 0 Å². The van der Waals surface area contributed by atoms with Gasteiger partial charge < -0.3 is 8.85 Å². The largest absolute Gasteiger partial charge is 0.458 e. The van der Waals surface area contributed by atoms with E-state index in [-0.39, 0.29) is 0 Å². The van der Waals surface area contributed by atoms with Gasteiger partial charge in [-0.15, -0.1) is 0 Å². The third-order valence-electron chi connectivity index (χ3n) is 5.21. The van der Waals surface area contributed by atoms with Crippen LogP contribution in [0.3, 0.4) is 0 Å². The lowest BCUT2D eigenvalue weighted by atomic mass is 10.2. The maximum absolute atomic E-state index is 6.83. The summed E-state index contributed by atoms with van der Waals surface area (Å²) in [5.74, 6) is 0.664. The van der Waals surface area contributed by atoms with Crippen LogP contribution in [0.5, 0.6) is 0 Å². The first kappa shape index (κ1) is 28.8. The fourth-order valence-electron chi connectivity index (χ4n) is 2.79. The van der Waals surface area contributed by atoms with E-state index in [4.69, 9.17) is 8.85 Å². The molecule has 0 aliphatic carbocycles. The highest BCUT2D eigenvalue weighted by molar-refractivity contribution is 7.39. The number of unbranched alkanes of at least 4 members (excludes halogenated alkanes) is 2. The van der Waals surface area contributed by atoms with Crippen molar-refractivity contribution in [1.82, 2.24) is 0 Å². The molecule has 2 nitrogen and oxygen atoms in total. The molecule has 5 heteroatoms. The monoisotopic (exact) mass is 420 g/mol. The van der Waals surface area contributed by atoms with Gasteiger partial charge in [-0.2, -0.15) is 0 Å². The van der Waals surface area contributed by atoms with Crippen LogP contribution in [0, 0.1) is 5.92 Å². The minimum atomic E-state index is -1.45. The van der Waals surface area contributed by atoms with E-state index in [9.17, 15) is 0 Å². The first-order valence-corrected chi connectivity index (χ1v) is 21.3. The molecule has 0 aromatic heterocycles. The standard InChI is InChI=1S/C14H36OSi3.C7H16O/c1-9-11-13-16(3,4)15-18(7,8)17(5,6)14-12-10-2;1-6(2)5-8-7(3)4/h9-14H2,1-8H3;6-7H,5H2,1-4H3. The zero-order valence-electron chi connectivity index (χ0n) is 20.4. The minimum absolute atomic E-state index is 0.386. The lowest BCUT2D eigenvalue weighted by Crippen LogP contribution is -2.61. The summed E-state index contributed by atoms with van der Waals surface area (Å²) in [6.45, 7) is 28.9. The molecule has 160 valence electrons. The second kappa shape index (κ2) is 13.7. The minimum Gasteiger partial charge on any atom is -0.458 e. The molecule has 0 spiro atoms. The Morgan fingerprint density at radius 1 is 0.731 bits per heavy atom. The van der Waals surface area contributed by atoms with E-state index in [1.165, 1.54) is 37.8 Å². The third-order valence-corrected chi connectivity index (χ3v) is 27.3. The lowest BCUT2D eigenvalue weighted by Gasteiger charge is -2.43. The predicted molar refractivity (Wildman–Crippen MR) is 129 cm³/mol. The van der Waals surface area contributed by atoms with Gasteiger partial charge in [0.1, 0.15) is 0 Å². The Morgan fingerprint density at radius 2 is 1.19 bits per heavy atom. The van der Waals surface area contributed by atoms with Crippen molar-refractivity contribution in [1.29, 1.82) is 0 Å². The fourth-order valence-corrected chi connectivity index (χ4v) is 20.2. The molecular weight excluding hydrogens is 368 g/mol. The summed E-state index contributed by atoms with van der Waals surface area (Å²) in [5, 5.41) is 0. The van der Waals surface area contributed by atoms with Crippen molar-refractivity contribution >= 4 is 23.7 Å². The second-order valence-corrected chi connectivity index (χ2v) is 30.0. The molecule has 0 aromatic rings. The van der Waals surface area contributed by atoms with Crippen LogP contribution in [0.4, 0.5) is 0 Å². The van der Waals surface area contributed by atoms with E-state index in [0.717, 1.165) is 6.61 Å². The summed E-state index contributed by atoms with van der Waals surface area (Å²) in [4.78, 5) is 0. The average Bonchev–Trinajstić information content (AvgIpc) is 2.48. The molecule has 26 heavy (non-hydrogen) atoms.